The lowest BCUT2D eigenvalue weighted by atomic mass is 10.1. The molecule has 0 bridgehead atoms. The van der Waals surface area contributed by atoms with Crippen LogP contribution in [-0.2, 0) is 19.0 Å². The maximum Gasteiger partial charge on any atom is 0.410 e. The molecule has 24 heavy (non-hydrogen) atoms. The summed E-state index contributed by atoms with van der Waals surface area (Å²) in [6.45, 7) is 13.9. The number of hydrogen-bond donors (Lipinski definition) is 0. The topological polar surface area (TPSA) is 65.1 Å². The van der Waals surface area contributed by atoms with Gasteiger partial charge in [0.25, 0.3) is 0 Å². The van der Waals surface area contributed by atoms with E-state index in [1.54, 1.807) is 17.9 Å². The zero-order valence-electron chi connectivity index (χ0n) is 15.9. The van der Waals surface area contributed by atoms with Crippen LogP contribution in [0.5, 0.6) is 0 Å². The van der Waals surface area contributed by atoms with Gasteiger partial charge in [-0.2, -0.15) is 0 Å². The third kappa shape index (κ3) is 7.34. The minimum absolute atomic E-state index is 0.102. The summed E-state index contributed by atoms with van der Waals surface area (Å²) in [6.07, 6.45) is 3.17. The Balaban J connectivity index is 2.85. The van der Waals surface area contributed by atoms with E-state index in [9.17, 15) is 9.59 Å². The van der Waals surface area contributed by atoms with E-state index in [1.807, 2.05) is 41.5 Å². The monoisotopic (exact) mass is 341 g/mol. The average Bonchev–Trinajstić information content (AvgIpc) is 2.75. The van der Waals surface area contributed by atoms with E-state index in [0.717, 1.165) is 0 Å². The van der Waals surface area contributed by atoms with Crippen molar-refractivity contribution in [2.24, 2.45) is 0 Å². The van der Waals surface area contributed by atoms with Gasteiger partial charge in [0, 0.05) is 6.08 Å². The van der Waals surface area contributed by atoms with E-state index in [1.165, 1.54) is 6.08 Å². The Morgan fingerprint density at radius 2 is 1.75 bits per heavy atom. The van der Waals surface area contributed by atoms with Crippen molar-refractivity contribution in [2.45, 2.75) is 78.2 Å². The quantitative estimate of drug-likeness (QED) is 0.580. The molecule has 1 amide bonds. The number of hydrogen-bond acceptors (Lipinski definition) is 5. The zero-order valence-corrected chi connectivity index (χ0v) is 15.9. The Morgan fingerprint density at radius 3 is 2.25 bits per heavy atom. The van der Waals surface area contributed by atoms with Crippen LogP contribution in [0.15, 0.2) is 12.2 Å². The van der Waals surface area contributed by atoms with Gasteiger partial charge in [0.2, 0.25) is 0 Å². The van der Waals surface area contributed by atoms with E-state index >= 15 is 0 Å². The molecular weight excluding hydrogens is 310 g/mol. The van der Waals surface area contributed by atoms with Crippen molar-refractivity contribution < 1.29 is 23.8 Å². The van der Waals surface area contributed by atoms with Crippen molar-refractivity contribution in [1.82, 2.24) is 4.90 Å². The number of rotatable bonds is 4. The molecule has 1 fully saturated rings. The second kappa shape index (κ2) is 8.01. The highest BCUT2D eigenvalue weighted by Crippen LogP contribution is 2.27. The fourth-order valence-electron chi connectivity index (χ4n) is 2.50. The van der Waals surface area contributed by atoms with Gasteiger partial charge in [-0.3, -0.25) is 4.90 Å². The molecule has 0 unspecified atom stereocenters. The maximum atomic E-state index is 12.5. The van der Waals surface area contributed by atoms with Gasteiger partial charge in [0.15, 0.2) is 0 Å². The SMILES string of the molecule is CCOC(=O)/C=C/[C@@H]1C[C@@H](OC(C)(C)C)CN1C(=O)OC(C)(C)C. The third-order valence-corrected chi connectivity index (χ3v) is 3.19. The van der Waals surface area contributed by atoms with E-state index < -0.39 is 17.7 Å². The summed E-state index contributed by atoms with van der Waals surface area (Å²) in [6, 6.07) is -0.253. The van der Waals surface area contributed by atoms with Crippen LogP contribution in [0.4, 0.5) is 4.79 Å². The number of nitrogens with zero attached hydrogens (tertiary/aromatic N) is 1. The fraction of sp³-hybridized carbons (Fsp3) is 0.778. The minimum atomic E-state index is -0.574. The van der Waals surface area contributed by atoms with Gasteiger partial charge in [-0.1, -0.05) is 6.08 Å². The van der Waals surface area contributed by atoms with Crippen molar-refractivity contribution in [2.75, 3.05) is 13.2 Å². The Bertz CT molecular complexity index is 473. The lowest BCUT2D eigenvalue weighted by Crippen LogP contribution is -2.40. The van der Waals surface area contributed by atoms with Gasteiger partial charge in [0.05, 0.1) is 30.9 Å². The molecule has 1 heterocycles. The molecule has 1 aliphatic heterocycles. The molecule has 0 aromatic rings. The van der Waals surface area contributed by atoms with Crippen LogP contribution < -0.4 is 0 Å². The average molecular weight is 341 g/mol. The van der Waals surface area contributed by atoms with Crippen LogP contribution in [0.2, 0.25) is 0 Å². The molecule has 0 N–H and O–H groups in total. The van der Waals surface area contributed by atoms with Crippen molar-refractivity contribution in [3.05, 3.63) is 12.2 Å². The van der Waals surface area contributed by atoms with Crippen molar-refractivity contribution in [1.29, 1.82) is 0 Å². The molecule has 1 aliphatic rings. The summed E-state index contributed by atoms with van der Waals surface area (Å²) < 4.78 is 16.4. The Labute approximate surface area is 145 Å². The van der Waals surface area contributed by atoms with Crippen LogP contribution in [0, 0.1) is 0 Å². The molecule has 6 nitrogen and oxygen atoms in total. The van der Waals surface area contributed by atoms with Crippen molar-refractivity contribution >= 4 is 12.1 Å². The molecule has 1 saturated heterocycles. The van der Waals surface area contributed by atoms with Gasteiger partial charge in [-0.05, 0) is 54.9 Å². The van der Waals surface area contributed by atoms with Crippen LogP contribution in [-0.4, -0.2) is 53.5 Å². The first-order chi connectivity index (χ1) is 10.9. The number of amides is 1. The molecule has 0 spiro atoms. The molecule has 1 rings (SSSR count). The molecule has 2 atom stereocenters. The fourth-order valence-corrected chi connectivity index (χ4v) is 2.50. The third-order valence-electron chi connectivity index (χ3n) is 3.19. The Hall–Kier alpha value is -1.56. The van der Waals surface area contributed by atoms with Crippen molar-refractivity contribution in [3.8, 4) is 0 Å². The predicted molar refractivity (Wildman–Crippen MR) is 91.7 cm³/mol. The van der Waals surface area contributed by atoms with Gasteiger partial charge in [-0.15, -0.1) is 0 Å². The first-order valence-corrected chi connectivity index (χ1v) is 8.43. The highest BCUT2D eigenvalue weighted by atomic mass is 16.6. The summed E-state index contributed by atoms with van der Waals surface area (Å²) >= 11 is 0. The number of carbonyl (C=O) groups excluding carboxylic acids is 2. The molecule has 6 heteroatoms. The molecule has 0 aromatic heterocycles. The smallest absolute Gasteiger partial charge is 0.410 e. The molecular formula is C18H31NO5. The zero-order chi connectivity index (χ0) is 18.5. The molecule has 0 radical (unpaired) electrons. The summed E-state index contributed by atoms with van der Waals surface area (Å²) in [5, 5.41) is 0. The van der Waals surface area contributed by atoms with Gasteiger partial charge < -0.3 is 14.2 Å². The normalized spacial score (nSPS) is 22.0. The summed E-state index contributed by atoms with van der Waals surface area (Å²) in [7, 11) is 0. The highest BCUT2D eigenvalue weighted by molar-refractivity contribution is 5.82. The van der Waals surface area contributed by atoms with Gasteiger partial charge in [-0.25, -0.2) is 9.59 Å². The first kappa shape index (κ1) is 20.5. The number of esters is 1. The largest absolute Gasteiger partial charge is 0.463 e. The second-order valence-electron chi connectivity index (χ2n) is 7.90. The van der Waals surface area contributed by atoms with Gasteiger partial charge >= 0.3 is 12.1 Å². The minimum Gasteiger partial charge on any atom is -0.463 e. The second-order valence-corrected chi connectivity index (χ2v) is 7.90. The van der Waals surface area contributed by atoms with Gasteiger partial charge in [0.1, 0.15) is 5.60 Å². The Morgan fingerprint density at radius 1 is 1.12 bits per heavy atom. The van der Waals surface area contributed by atoms with E-state index in [2.05, 4.69) is 0 Å². The van der Waals surface area contributed by atoms with Crippen molar-refractivity contribution in [3.63, 3.8) is 0 Å². The summed E-state index contributed by atoms with van der Waals surface area (Å²) in [5.74, 6) is -0.415. The Kier molecular flexibility index (Phi) is 6.84. The van der Waals surface area contributed by atoms with Crippen LogP contribution in [0.1, 0.15) is 54.9 Å². The van der Waals surface area contributed by atoms with Crippen LogP contribution in [0.25, 0.3) is 0 Å². The number of carbonyl (C=O) groups is 2. The lowest BCUT2D eigenvalue weighted by Gasteiger charge is -2.27. The van der Waals surface area contributed by atoms with Crippen LogP contribution >= 0.6 is 0 Å². The van der Waals surface area contributed by atoms with E-state index in [0.29, 0.717) is 19.6 Å². The number of ether oxygens (including phenoxy) is 3. The first-order valence-electron chi connectivity index (χ1n) is 8.43. The molecule has 0 aromatic carbocycles. The predicted octanol–water partition coefficient (Wildman–Crippen LogP) is 3.30. The van der Waals surface area contributed by atoms with Crippen LogP contribution in [0.3, 0.4) is 0 Å². The molecule has 0 aliphatic carbocycles. The highest BCUT2D eigenvalue weighted by Gasteiger charge is 2.38. The molecule has 0 saturated carbocycles. The standard InChI is InChI=1S/C18H31NO5/c1-8-22-15(20)10-9-13-11-14(23-17(2,3)4)12-19(13)16(21)24-18(5,6)7/h9-10,13-14H,8,11-12H2,1-7H3/b10-9+/t13-,14-/m1/s1. The lowest BCUT2D eigenvalue weighted by molar-refractivity contribution is -0.137. The molecule has 138 valence electrons. The number of likely N-dealkylation sites (tertiary alicyclic amines) is 1. The summed E-state index contributed by atoms with van der Waals surface area (Å²) in [4.78, 5) is 25.6. The van der Waals surface area contributed by atoms with E-state index in [-0.39, 0.29) is 17.7 Å². The van der Waals surface area contributed by atoms with E-state index in [4.69, 9.17) is 14.2 Å². The summed E-state index contributed by atoms with van der Waals surface area (Å²) in [5.41, 5.74) is -0.876. The maximum absolute atomic E-state index is 12.5.